The maximum absolute atomic E-state index is 12.6. The predicted molar refractivity (Wildman–Crippen MR) is 86.7 cm³/mol. The highest BCUT2D eigenvalue weighted by Crippen LogP contribution is 2.25. The van der Waals surface area contributed by atoms with Crippen LogP contribution < -0.4 is 5.56 Å². The van der Waals surface area contributed by atoms with Gasteiger partial charge < -0.3 is 4.90 Å². The van der Waals surface area contributed by atoms with E-state index in [9.17, 15) is 9.59 Å². The van der Waals surface area contributed by atoms with Crippen molar-refractivity contribution < 1.29 is 4.79 Å². The van der Waals surface area contributed by atoms with E-state index in [0.717, 1.165) is 31.5 Å². The van der Waals surface area contributed by atoms with Crippen LogP contribution in [0, 0.1) is 6.92 Å². The molecule has 112 valence electrons. The summed E-state index contributed by atoms with van der Waals surface area (Å²) < 4.78 is 1.55. The molecule has 0 N–H and O–H groups in total. The predicted octanol–water partition coefficient (Wildman–Crippen LogP) is 2.45. The second-order valence-electron chi connectivity index (χ2n) is 5.63. The lowest BCUT2D eigenvalue weighted by atomic mass is 10.3. The first-order chi connectivity index (χ1) is 10.6. The molecule has 3 aromatic heterocycles. The number of aryl methyl sites for hydroxylation is 1. The second kappa shape index (κ2) is 4.91. The van der Waals surface area contributed by atoms with Crippen LogP contribution in [0.3, 0.4) is 0 Å². The van der Waals surface area contributed by atoms with E-state index in [0.29, 0.717) is 20.7 Å². The largest absolute Gasteiger partial charge is 0.338 e. The van der Waals surface area contributed by atoms with Crippen LogP contribution in [-0.2, 0) is 0 Å². The number of nitrogens with zero attached hydrogens (tertiary/aromatic N) is 3. The van der Waals surface area contributed by atoms with Crippen molar-refractivity contribution in [2.75, 3.05) is 13.1 Å². The average molecular weight is 313 g/mol. The van der Waals surface area contributed by atoms with Gasteiger partial charge in [-0.1, -0.05) is 6.07 Å². The zero-order valence-electron chi connectivity index (χ0n) is 12.2. The molecule has 1 aliphatic rings. The minimum absolute atomic E-state index is 0.0191. The van der Waals surface area contributed by atoms with Gasteiger partial charge in [-0.25, -0.2) is 4.98 Å². The number of thiophene rings is 1. The molecule has 0 unspecified atom stereocenters. The number of fused-ring (bicyclic) bond motifs is 2. The van der Waals surface area contributed by atoms with Crippen molar-refractivity contribution in [2.45, 2.75) is 19.8 Å². The van der Waals surface area contributed by atoms with Crippen molar-refractivity contribution in [3.05, 3.63) is 45.2 Å². The van der Waals surface area contributed by atoms with Crippen molar-refractivity contribution in [1.29, 1.82) is 0 Å². The highest BCUT2D eigenvalue weighted by Gasteiger charge is 2.22. The van der Waals surface area contributed by atoms with Crippen LogP contribution in [0.4, 0.5) is 0 Å². The van der Waals surface area contributed by atoms with Gasteiger partial charge in [-0.15, -0.1) is 11.3 Å². The molecule has 1 amide bonds. The molecule has 1 aliphatic heterocycles. The van der Waals surface area contributed by atoms with Gasteiger partial charge in [0.25, 0.3) is 11.5 Å². The van der Waals surface area contributed by atoms with E-state index in [4.69, 9.17) is 0 Å². The molecule has 0 saturated carbocycles. The second-order valence-corrected chi connectivity index (χ2v) is 6.66. The molecule has 1 fully saturated rings. The first-order valence-electron chi connectivity index (χ1n) is 7.36. The zero-order chi connectivity index (χ0) is 15.3. The molecule has 6 heteroatoms. The summed E-state index contributed by atoms with van der Waals surface area (Å²) in [6, 6.07) is 5.46. The Balaban J connectivity index is 1.92. The SMILES string of the molecule is Cc1cccn2c(=O)c3cc(C(=O)N4CCCC4)sc3nc12. The van der Waals surface area contributed by atoms with Gasteiger partial charge in [-0.2, -0.15) is 0 Å². The summed E-state index contributed by atoms with van der Waals surface area (Å²) in [6.07, 6.45) is 3.83. The molecule has 0 radical (unpaired) electrons. The molecule has 5 nitrogen and oxygen atoms in total. The summed E-state index contributed by atoms with van der Waals surface area (Å²) in [6.45, 7) is 3.54. The first kappa shape index (κ1) is 13.5. The first-order valence-corrected chi connectivity index (χ1v) is 8.17. The number of likely N-dealkylation sites (tertiary alicyclic amines) is 1. The normalized spacial score (nSPS) is 15.0. The fraction of sp³-hybridized carbons (Fsp3) is 0.312. The molecule has 4 heterocycles. The number of pyridine rings is 1. The summed E-state index contributed by atoms with van der Waals surface area (Å²) in [5.74, 6) is 0.0191. The van der Waals surface area contributed by atoms with E-state index in [1.807, 2.05) is 24.0 Å². The van der Waals surface area contributed by atoms with Gasteiger partial charge in [-0.3, -0.25) is 14.0 Å². The van der Waals surface area contributed by atoms with E-state index >= 15 is 0 Å². The fourth-order valence-electron chi connectivity index (χ4n) is 2.94. The molecule has 0 aliphatic carbocycles. The summed E-state index contributed by atoms with van der Waals surface area (Å²) in [5.41, 5.74) is 1.49. The standard InChI is InChI=1S/C16H15N3O2S/c1-10-5-4-8-19-13(10)17-14-11(15(19)20)9-12(22-14)16(21)18-6-2-3-7-18/h4-5,8-9H,2-3,6-7H2,1H3. The number of hydrogen-bond donors (Lipinski definition) is 0. The summed E-state index contributed by atoms with van der Waals surface area (Å²) in [5, 5.41) is 0.524. The van der Waals surface area contributed by atoms with Crippen LogP contribution in [0.1, 0.15) is 28.1 Å². The van der Waals surface area contributed by atoms with Gasteiger partial charge >= 0.3 is 0 Å². The Morgan fingerprint density at radius 3 is 2.86 bits per heavy atom. The smallest absolute Gasteiger partial charge is 0.266 e. The molecule has 1 saturated heterocycles. The van der Waals surface area contributed by atoms with Gasteiger partial charge in [0.1, 0.15) is 10.5 Å². The van der Waals surface area contributed by atoms with E-state index in [2.05, 4.69) is 4.98 Å². The molecule has 0 spiro atoms. The minimum Gasteiger partial charge on any atom is -0.338 e. The van der Waals surface area contributed by atoms with Crippen LogP contribution in [0.2, 0.25) is 0 Å². The zero-order valence-corrected chi connectivity index (χ0v) is 13.0. The van der Waals surface area contributed by atoms with Crippen LogP contribution in [0.15, 0.2) is 29.2 Å². The van der Waals surface area contributed by atoms with Crippen molar-refractivity contribution in [3.8, 4) is 0 Å². The van der Waals surface area contributed by atoms with Crippen LogP contribution in [0.5, 0.6) is 0 Å². The van der Waals surface area contributed by atoms with Crippen LogP contribution >= 0.6 is 11.3 Å². The van der Waals surface area contributed by atoms with Gasteiger partial charge in [0.2, 0.25) is 0 Å². The average Bonchev–Trinajstić information content (AvgIpc) is 3.17. The minimum atomic E-state index is -0.111. The van der Waals surface area contributed by atoms with Crippen molar-refractivity contribution in [3.63, 3.8) is 0 Å². The maximum atomic E-state index is 12.6. The number of carbonyl (C=O) groups is 1. The van der Waals surface area contributed by atoms with E-state index in [1.54, 1.807) is 16.7 Å². The molecular weight excluding hydrogens is 298 g/mol. The lowest BCUT2D eigenvalue weighted by molar-refractivity contribution is 0.0797. The number of amides is 1. The van der Waals surface area contributed by atoms with E-state index in [1.165, 1.54) is 11.3 Å². The van der Waals surface area contributed by atoms with Gasteiger partial charge in [-0.05, 0) is 37.5 Å². The third kappa shape index (κ3) is 1.94. The Bertz CT molecular complexity index is 951. The molecule has 0 bridgehead atoms. The Morgan fingerprint density at radius 2 is 2.09 bits per heavy atom. The molecular formula is C16H15N3O2S. The number of aromatic nitrogens is 2. The molecule has 0 aromatic carbocycles. The van der Waals surface area contributed by atoms with Gasteiger partial charge in [0, 0.05) is 19.3 Å². The van der Waals surface area contributed by atoms with Gasteiger partial charge in [0.05, 0.1) is 10.3 Å². The van der Waals surface area contributed by atoms with Crippen molar-refractivity contribution in [2.24, 2.45) is 0 Å². The highest BCUT2D eigenvalue weighted by molar-refractivity contribution is 7.20. The quantitative estimate of drug-likeness (QED) is 0.693. The monoisotopic (exact) mass is 313 g/mol. The Labute approximate surface area is 130 Å². The van der Waals surface area contributed by atoms with E-state index < -0.39 is 0 Å². The maximum Gasteiger partial charge on any atom is 0.266 e. The molecule has 3 aromatic rings. The lowest BCUT2D eigenvalue weighted by Crippen LogP contribution is -2.26. The third-order valence-electron chi connectivity index (χ3n) is 4.14. The van der Waals surface area contributed by atoms with E-state index in [-0.39, 0.29) is 11.5 Å². The molecule has 0 atom stereocenters. The van der Waals surface area contributed by atoms with Crippen LogP contribution in [0.25, 0.3) is 15.9 Å². The Hall–Kier alpha value is -2.21. The summed E-state index contributed by atoms with van der Waals surface area (Å²) >= 11 is 1.31. The number of rotatable bonds is 1. The third-order valence-corrected chi connectivity index (χ3v) is 5.15. The topological polar surface area (TPSA) is 54.7 Å². The highest BCUT2D eigenvalue weighted by atomic mass is 32.1. The van der Waals surface area contributed by atoms with Crippen LogP contribution in [-0.4, -0.2) is 33.3 Å². The van der Waals surface area contributed by atoms with Gasteiger partial charge in [0.15, 0.2) is 0 Å². The fourth-order valence-corrected chi connectivity index (χ4v) is 3.93. The Morgan fingerprint density at radius 1 is 1.32 bits per heavy atom. The number of hydrogen-bond acceptors (Lipinski definition) is 4. The molecule has 22 heavy (non-hydrogen) atoms. The number of carbonyl (C=O) groups excluding carboxylic acids is 1. The van der Waals surface area contributed by atoms with Crippen molar-refractivity contribution in [1.82, 2.24) is 14.3 Å². The lowest BCUT2D eigenvalue weighted by Gasteiger charge is -2.12. The molecule has 4 rings (SSSR count). The summed E-state index contributed by atoms with van der Waals surface area (Å²) in [7, 11) is 0. The summed E-state index contributed by atoms with van der Waals surface area (Å²) in [4.78, 5) is 32.8. The Kier molecular flexibility index (Phi) is 3.00. The van der Waals surface area contributed by atoms with Crippen molar-refractivity contribution >= 4 is 33.1 Å².